The fourth-order valence-corrected chi connectivity index (χ4v) is 2.29. The molecule has 0 bridgehead atoms. The van der Waals surface area contributed by atoms with Crippen molar-refractivity contribution in [3.63, 3.8) is 0 Å². The first-order valence-electron chi connectivity index (χ1n) is 6.27. The molecule has 1 unspecified atom stereocenters. The highest BCUT2D eigenvalue weighted by Gasteiger charge is 2.16. The second kappa shape index (κ2) is 5.51. The smallest absolute Gasteiger partial charge is 0.117 e. The summed E-state index contributed by atoms with van der Waals surface area (Å²) in [5.74, 6) is 2.14. The maximum absolute atomic E-state index is 5.67. The van der Waals surface area contributed by atoms with E-state index in [4.69, 9.17) is 4.42 Å². The lowest BCUT2D eigenvalue weighted by Crippen LogP contribution is -2.43. The van der Waals surface area contributed by atoms with Crippen molar-refractivity contribution in [2.75, 3.05) is 20.1 Å². The van der Waals surface area contributed by atoms with Gasteiger partial charge in [0.15, 0.2) is 0 Å². The molecule has 1 fully saturated rings. The molecule has 16 heavy (non-hydrogen) atoms. The molecule has 1 aromatic rings. The van der Waals surface area contributed by atoms with Gasteiger partial charge in [-0.25, -0.2) is 0 Å². The monoisotopic (exact) mass is 222 g/mol. The first-order chi connectivity index (χ1) is 7.78. The van der Waals surface area contributed by atoms with Gasteiger partial charge >= 0.3 is 0 Å². The van der Waals surface area contributed by atoms with E-state index in [1.165, 1.54) is 19.4 Å². The van der Waals surface area contributed by atoms with Crippen LogP contribution in [0.3, 0.4) is 0 Å². The van der Waals surface area contributed by atoms with Gasteiger partial charge in [-0.3, -0.25) is 0 Å². The summed E-state index contributed by atoms with van der Waals surface area (Å²) >= 11 is 0. The second-order valence-electron chi connectivity index (χ2n) is 4.70. The number of piperidine rings is 1. The first kappa shape index (κ1) is 11.7. The second-order valence-corrected chi connectivity index (χ2v) is 4.70. The average Bonchev–Trinajstić information content (AvgIpc) is 2.74. The first-order valence-corrected chi connectivity index (χ1v) is 6.27. The number of furan rings is 1. The summed E-state index contributed by atoms with van der Waals surface area (Å²) in [5, 5.41) is 3.57. The van der Waals surface area contributed by atoms with Crippen LogP contribution >= 0.6 is 0 Å². The Morgan fingerprint density at radius 1 is 1.44 bits per heavy atom. The van der Waals surface area contributed by atoms with Gasteiger partial charge in [-0.15, -0.1) is 0 Å². The summed E-state index contributed by atoms with van der Waals surface area (Å²) in [5.41, 5.74) is 0. The highest BCUT2D eigenvalue weighted by Crippen LogP contribution is 2.11. The van der Waals surface area contributed by atoms with Gasteiger partial charge in [0.25, 0.3) is 0 Å². The molecule has 0 spiro atoms. The molecule has 1 saturated heterocycles. The van der Waals surface area contributed by atoms with E-state index in [9.17, 15) is 0 Å². The van der Waals surface area contributed by atoms with Crippen LogP contribution in [0.2, 0.25) is 0 Å². The Morgan fingerprint density at radius 2 is 2.25 bits per heavy atom. The molecular weight excluding hydrogens is 200 g/mol. The van der Waals surface area contributed by atoms with Gasteiger partial charge in [0.05, 0.1) is 6.54 Å². The van der Waals surface area contributed by atoms with E-state index in [1.807, 2.05) is 0 Å². The van der Waals surface area contributed by atoms with E-state index in [2.05, 4.69) is 36.3 Å². The van der Waals surface area contributed by atoms with Gasteiger partial charge < -0.3 is 14.6 Å². The van der Waals surface area contributed by atoms with Crippen LogP contribution in [0.15, 0.2) is 16.5 Å². The van der Waals surface area contributed by atoms with Gasteiger partial charge in [0, 0.05) is 19.0 Å². The van der Waals surface area contributed by atoms with Crippen LogP contribution < -0.4 is 5.32 Å². The summed E-state index contributed by atoms with van der Waals surface area (Å²) in [6.07, 6.45) is 3.56. The minimum absolute atomic E-state index is 0.619. The molecule has 1 aromatic heterocycles. The molecule has 1 atom stereocenters. The lowest BCUT2D eigenvalue weighted by Gasteiger charge is -2.30. The Kier molecular flexibility index (Phi) is 4.02. The third kappa shape index (κ3) is 3.09. The minimum atomic E-state index is 0.619. The van der Waals surface area contributed by atoms with Crippen LogP contribution in [0, 0.1) is 0 Å². The maximum atomic E-state index is 5.67. The van der Waals surface area contributed by atoms with Crippen molar-refractivity contribution < 1.29 is 4.42 Å². The average molecular weight is 222 g/mol. The van der Waals surface area contributed by atoms with E-state index in [0.717, 1.165) is 31.0 Å². The quantitative estimate of drug-likeness (QED) is 0.845. The van der Waals surface area contributed by atoms with E-state index >= 15 is 0 Å². The lowest BCUT2D eigenvalue weighted by atomic mass is 10.1. The highest BCUT2D eigenvalue weighted by molar-refractivity contribution is 5.06. The summed E-state index contributed by atoms with van der Waals surface area (Å²) in [4.78, 5) is 2.39. The van der Waals surface area contributed by atoms with E-state index < -0.39 is 0 Å². The Hall–Kier alpha value is -0.800. The van der Waals surface area contributed by atoms with Crippen molar-refractivity contribution in [3.8, 4) is 0 Å². The molecule has 0 aliphatic carbocycles. The number of nitrogens with one attached hydrogen (secondary N) is 1. The van der Waals surface area contributed by atoms with Crippen molar-refractivity contribution in [3.05, 3.63) is 23.7 Å². The summed E-state index contributed by atoms with van der Waals surface area (Å²) in [7, 11) is 2.19. The molecular formula is C13H22N2O. The molecule has 1 aliphatic heterocycles. The summed E-state index contributed by atoms with van der Waals surface area (Å²) in [6.45, 7) is 5.37. The van der Waals surface area contributed by atoms with Crippen LogP contribution in [-0.2, 0) is 13.0 Å². The highest BCUT2D eigenvalue weighted by atomic mass is 16.3. The molecule has 3 heteroatoms. The number of hydrogen-bond acceptors (Lipinski definition) is 3. The Morgan fingerprint density at radius 3 is 2.94 bits per heavy atom. The number of nitrogens with zero attached hydrogens (tertiary/aromatic N) is 1. The third-order valence-corrected chi connectivity index (χ3v) is 3.26. The largest absolute Gasteiger partial charge is 0.465 e. The van der Waals surface area contributed by atoms with Crippen molar-refractivity contribution >= 4 is 0 Å². The van der Waals surface area contributed by atoms with E-state index in [-0.39, 0.29) is 0 Å². The predicted molar refractivity (Wildman–Crippen MR) is 65.4 cm³/mol. The van der Waals surface area contributed by atoms with E-state index in [0.29, 0.717) is 6.04 Å². The van der Waals surface area contributed by atoms with Gasteiger partial charge in [0.1, 0.15) is 11.5 Å². The van der Waals surface area contributed by atoms with Crippen LogP contribution in [0.1, 0.15) is 31.3 Å². The standard InChI is InChI=1S/C13H22N2O/c1-3-12-6-7-13(16-12)9-14-11-5-4-8-15(2)10-11/h6-7,11,14H,3-5,8-10H2,1-2H3. The fraction of sp³-hybridized carbons (Fsp3) is 0.692. The van der Waals surface area contributed by atoms with Gasteiger partial charge in [-0.05, 0) is 38.6 Å². The van der Waals surface area contributed by atoms with Crippen LogP contribution in [-0.4, -0.2) is 31.1 Å². The SMILES string of the molecule is CCc1ccc(CNC2CCCN(C)C2)o1. The number of hydrogen-bond donors (Lipinski definition) is 1. The number of aryl methyl sites for hydroxylation is 1. The predicted octanol–water partition coefficient (Wildman–Crippen LogP) is 2.03. The van der Waals surface area contributed by atoms with Crippen LogP contribution in [0.5, 0.6) is 0 Å². The zero-order valence-corrected chi connectivity index (χ0v) is 10.3. The molecule has 2 rings (SSSR count). The number of rotatable bonds is 4. The van der Waals surface area contributed by atoms with Crippen LogP contribution in [0.25, 0.3) is 0 Å². The number of likely N-dealkylation sites (tertiary alicyclic amines) is 1. The molecule has 1 aliphatic rings. The molecule has 0 amide bonds. The van der Waals surface area contributed by atoms with Crippen molar-refractivity contribution in [1.29, 1.82) is 0 Å². The topological polar surface area (TPSA) is 28.4 Å². The molecule has 2 heterocycles. The molecule has 1 N–H and O–H groups in total. The summed E-state index contributed by atoms with van der Waals surface area (Å²) in [6, 6.07) is 4.77. The van der Waals surface area contributed by atoms with Gasteiger partial charge in [0.2, 0.25) is 0 Å². The molecule has 0 aromatic carbocycles. The molecule has 3 nitrogen and oxygen atoms in total. The Balaban J connectivity index is 1.78. The lowest BCUT2D eigenvalue weighted by molar-refractivity contribution is 0.223. The fourth-order valence-electron chi connectivity index (χ4n) is 2.29. The van der Waals surface area contributed by atoms with Crippen molar-refractivity contribution in [1.82, 2.24) is 10.2 Å². The van der Waals surface area contributed by atoms with Crippen molar-refractivity contribution in [2.24, 2.45) is 0 Å². The molecule has 90 valence electrons. The molecule has 0 radical (unpaired) electrons. The zero-order chi connectivity index (χ0) is 11.4. The van der Waals surface area contributed by atoms with Crippen molar-refractivity contribution in [2.45, 2.75) is 38.8 Å². The number of likely N-dealkylation sites (N-methyl/N-ethyl adjacent to an activating group) is 1. The maximum Gasteiger partial charge on any atom is 0.117 e. The Labute approximate surface area is 97.8 Å². The van der Waals surface area contributed by atoms with Crippen LogP contribution in [0.4, 0.5) is 0 Å². The Bertz CT molecular complexity index is 321. The summed E-state index contributed by atoms with van der Waals surface area (Å²) < 4.78 is 5.67. The molecule has 0 saturated carbocycles. The van der Waals surface area contributed by atoms with Gasteiger partial charge in [-0.2, -0.15) is 0 Å². The third-order valence-electron chi connectivity index (χ3n) is 3.26. The normalized spacial score (nSPS) is 22.5. The minimum Gasteiger partial charge on any atom is -0.465 e. The van der Waals surface area contributed by atoms with E-state index in [1.54, 1.807) is 0 Å². The zero-order valence-electron chi connectivity index (χ0n) is 10.3. The van der Waals surface area contributed by atoms with Gasteiger partial charge in [-0.1, -0.05) is 6.92 Å².